The summed E-state index contributed by atoms with van der Waals surface area (Å²) in [5.74, 6) is -0.0482. The summed E-state index contributed by atoms with van der Waals surface area (Å²) < 4.78 is 4.84. The second kappa shape index (κ2) is 5.98. The van der Waals surface area contributed by atoms with Gasteiger partial charge in [-0.1, -0.05) is 0 Å². The van der Waals surface area contributed by atoms with Gasteiger partial charge >= 0.3 is 0 Å². The molecule has 0 saturated carbocycles. The highest BCUT2D eigenvalue weighted by molar-refractivity contribution is 5.76. The molecular formula is C10H21NO3. The molecule has 0 fully saturated rings. The van der Waals surface area contributed by atoms with Crippen LogP contribution in [0.1, 0.15) is 33.6 Å². The zero-order valence-electron chi connectivity index (χ0n) is 9.46. The standard InChI is InChI=1S/C10H21NO3/c1-8(12)10(2,3)11-9(13)6-5-7-14-4/h8,12H,5-7H2,1-4H3,(H,11,13). The molecule has 84 valence electrons. The lowest BCUT2D eigenvalue weighted by Crippen LogP contribution is -2.50. The molecule has 0 aromatic carbocycles. The van der Waals surface area contributed by atoms with Gasteiger partial charge < -0.3 is 15.2 Å². The van der Waals surface area contributed by atoms with Crippen molar-refractivity contribution in [2.24, 2.45) is 0 Å². The summed E-state index contributed by atoms with van der Waals surface area (Å²) in [6, 6.07) is 0. The largest absolute Gasteiger partial charge is 0.391 e. The van der Waals surface area contributed by atoms with Crippen molar-refractivity contribution in [2.45, 2.75) is 45.3 Å². The molecule has 0 aliphatic heterocycles. The van der Waals surface area contributed by atoms with E-state index in [1.165, 1.54) is 0 Å². The van der Waals surface area contributed by atoms with Crippen molar-refractivity contribution in [1.82, 2.24) is 5.32 Å². The number of aliphatic hydroxyl groups is 1. The Morgan fingerprint density at radius 1 is 1.57 bits per heavy atom. The molecule has 4 nitrogen and oxygen atoms in total. The highest BCUT2D eigenvalue weighted by Gasteiger charge is 2.25. The van der Waals surface area contributed by atoms with Gasteiger partial charge in [0.1, 0.15) is 0 Å². The molecule has 1 unspecified atom stereocenters. The summed E-state index contributed by atoms with van der Waals surface area (Å²) >= 11 is 0. The molecular weight excluding hydrogens is 182 g/mol. The first-order valence-electron chi connectivity index (χ1n) is 4.88. The van der Waals surface area contributed by atoms with Crippen molar-refractivity contribution in [3.05, 3.63) is 0 Å². The van der Waals surface area contributed by atoms with Crippen molar-refractivity contribution in [2.75, 3.05) is 13.7 Å². The van der Waals surface area contributed by atoms with Gasteiger partial charge in [-0.15, -0.1) is 0 Å². The van der Waals surface area contributed by atoms with Gasteiger partial charge in [-0.05, 0) is 27.2 Å². The second-order valence-corrected chi connectivity index (χ2v) is 4.04. The summed E-state index contributed by atoms with van der Waals surface area (Å²) in [5, 5.41) is 12.1. The Morgan fingerprint density at radius 3 is 2.57 bits per heavy atom. The molecule has 0 rings (SSSR count). The number of hydrogen-bond donors (Lipinski definition) is 2. The topological polar surface area (TPSA) is 58.6 Å². The molecule has 0 radical (unpaired) electrons. The average molecular weight is 203 g/mol. The summed E-state index contributed by atoms with van der Waals surface area (Å²) in [4.78, 5) is 11.4. The normalized spacial score (nSPS) is 13.8. The summed E-state index contributed by atoms with van der Waals surface area (Å²) in [5.41, 5.74) is -0.565. The van der Waals surface area contributed by atoms with Crippen molar-refractivity contribution < 1.29 is 14.6 Å². The molecule has 0 aromatic rings. The minimum absolute atomic E-state index is 0.0482. The fraction of sp³-hybridized carbons (Fsp3) is 0.900. The molecule has 0 aromatic heterocycles. The Bertz CT molecular complexity index is 178. The molecule has 2 N–H and O–H groups in total. The van der Waals surface area contributed by atoms with E-state index in [0.29, 0.717) is 19.4 Å². The zero-order chi connectivity index (χ0) is 11.2. The van der Waals surface area contributed by atoms with Crippen LogP contribution in [0.5, 0.6) is 0 Å². The van der Waals surface area contributed by atoms with Gasteiger partial charge in [-0.25, -0.2) is 0 Å². The quantitative estimate of drug-likeness (QED) is 0.624. The number of aliphatic hydroxyl groups excluding tert-OH is 1. The number of nitrogens with one attached hydrogen (secondary N) is 1. The van der Waals surface area contributed by atoms with E-state index in [2.05, 4.69) is 5.32 Å². The van der Waals surface area contributed by atoms with Crippen LogP contribution in [0.15, 0.2) is 0 Å². The molecule has 0 bridgehead atoms. The molecule has 0 spiro atoms. The molecule has 0 aliphatic rings. The van der Waals surface area contributed by atoms with Gasteiger partial charge in [0.2, 0.25) is 5.91 Å². The lowest BCUT2D eigenvalue weighted by atomic mass is 9.98. The highest BCUT2D eigenvalue weighted by Crippen LogP contribution is 2.08. The Kier molecular flexibility index (Phi) is 5.72. The number of ether oxygens (including phenoxy) is 1. The van der Waals surface area contributed by atoms with Crippen LogP contribution in [0.2, 0.25) is 0 Å². The fourth-order valence-electron chi connectivity index (χ4n) is 0.903. The van der Waals surface area contributed by atoms with Crippen LogP contribution in [0.25, 0.3) is 0 Å². The first kappa shape index (κ1) is 13.4. The van der Waals surface area contributed by atoms with E-state index in [1.54, 1.807) is 27.9 Å². The lowest BCUT2D eigenvalue weighted by Gasteiger charge is -2.29. The Morgan fingerprint density at radius 2 is 2.14 bits per heavy atom. The average Bonchev–Trinajstić information content (AvgIpc) is 2.03. The van der Waals surface area contributed by atoms with Crippen LogP contribution in [-0.4, -0.2) is 36.4 Å². The van der Waals surface area contributed by atoms with E-state index in [9.17, 15) is 9.90 Å². The SMILES string of the molecule is COCCCC(=O)NC(C)(C)C(C)O. The van der Waals surface area contributed by atoms with Crippen molar-refractivity contribution in [3.63, 3.8) is 0 Å². The molecule has 4 heteroatoms. The second-order valence-electron chi connectivity index (χ2n) is 4.04. The number of carbonyl (C=O) groups is 1. The van der Waals surface area contributed by atoms with E-state index >= 15 is 0 Å². The third-order valence-corrected chi connectivity index (χ3v) is 2.26. The van der Waals surface area contributed by atoms with E-state index in [4.69, 9.17) is 4.74 Å². The van der Waals surface area contributed by atoms with Crippen LogP contribution in [0, 0.1) is 0 Å². The molecule has 14 heavy (non-hydrogen) atoms. The highest BCUT2D eigenvalue weighted by atomic mass is 16.5. The predicted molar refractivity (Wildman–Crippen MR) is 55.0 cm³/mol. The lowest BCUT2D eigenvalue weighted by molar-refractivity contribution is -0.124. The summed E-state index contributed by atoms with van der Waals surface area (Å²) in [6.45, 7) is 5.84. The third kappa shape index (κ3) is 5.19. The maximum atomic E-state index is 11.4. The number of amides is 1. The predicted octanol–water partition coefficient (Wildman–Crippen LogP) is 0.689. The maximum Gasteiger partial charge on any atom is 0.220 e. The van der Waals surface area contributed by atoms with Gasteiger partial charge in [0.05, 0.1) is 11.6 Å². The third-order valence-electron chi connectivity index (χ3n) is 2.26. The minimum Gasteiger partial charge on any atom is -0.391 e. The molecule has 1 atom stereocenters. The van der Waals surface area contributed by atoms with E-state index < -0.39 is 11.6 Å². The Labute approximate surface area is 85.6 Å². The zero-order valence-corrected chi connectivity index (χ0v) is 9.46. The van der Waals surface area contributed by atoms with E-state index in [-0.39, 0.29) is 5.91 Å². The van der Waals surface area contributed by atoms with Crippen LogP contribution < -0.4 is 5.32 Å². The number of methoxy groups -OCH3 is 1. The summed E-state index contributed by atoms with van der Waals surface area (Å²) in [7, 11) is 1.61. The van der Waals surface area contributed by atoms with Gasteiger partial charge in [-0.2, -0.15) is 0 Å². The molecule has 0 saturated heterocycles. The Balaban J connectivity index is 3.82. The van der Waals surface area contributed by atoms with Crippen molar-refractivity contribution in [3.8, 4) is 0 Å². The number of rotatable bonds is 6. The van der Waals surface area contributed by atoms with Crippen molar-refractivity contribution >= 4 is 5.91 Å². The van der Waals surface area contributed by atoms with Crippen LogP contribution >= 0.6 is 0 Å². The Hall–Kier alpha value is -0.610. The van der Waals surface area contributed by atoms with Gasteiger partial charge in [0.15, 0.2) is 0 Å². The smallest absolute Gasteiger partial charge is 0.220 e. The molecule has 0 aliphatic carbocycles. The number of carbonyl (C=O) groups excluding carboxylic acids is 1. The van der Waals surface area contributed by atoms with Gasteiger partial charge in [0, 0.05) is 20.1 Å². The van der Waals surface area contributed by atoms with Crippen LogP contribution in [0.4, 0.5) is 0 Å². The monoisotopic (exact) mass is 203 g/mol. The van der Waals surface area contributed by atoms with Gasteiger partial charge in [0.25, 0.3) is 0 Å². The fourth-order valence-corrected chi connectivity index (χ4v) is 0.903. The van der Waals surface area contributed by atoms with Crippen LogP contribution in [0.3, 0.4) is 0 Å². The number of hydrogen-bond acceptors (Lipinski definition) is 3. The van der Waals surface area contributed by atoms with Crippen molar-refractivity contribution in [1.29, 1.82) is 0 Å². The first-order valence-corrected chi connectivity index (χ1v) is 4.88. The van der Waals surface area contributed by atoms with Crippen LogP contribution in [-0.2, 0) is 9.53 Å². The van der Waals surface area contributed by atoms with E-state index in [1.807, 2.05) is 0 Å². The minimum atomic E-state index is -0.565. The van der Waals surface area contributed by atoms with E-state index in [0.717, 1.165) is 0 Å². The molecule has 1 amide bonds. The summed E-state index contributed by atoms with van der Waals surface area (Å²) in [6.07, 6.45) is 0.580. The first-order chi connectivity index (χ1) is 6.40. The van der Waals surface area contributed by atoms with Gasteiger partial charge in [-0.3, -0.25) is 4.79 Å². The maximum absolute atomic E-state index is 11.4. The molecule has 0 heterocycles.